The van der Waals surface area contributed by atoms with Gasteiger partial charge in [0.1, 0.15) is 16.8 Å². The Morgan fingerprint density at radius 1 is 1.26 bits per heavy atom. The lowest BCUT2D eigenvalue weighted by Gasteiger charge is -2.29. The number of hydrogen-bond acceptors (Lipinski definition) is 4. The molecule has 2 unspecified atom stereocenters. The van der Waals surface area contributed by atoms with Gasteiger partial charge in [-0.25, -0.2) is 9.97 Å². The second-order valence-electron chi connectivity index (χ2n) is 5.64. The number of aromatic nitrogens is 2. The minimum Gasteiger partial charge on any atom is -0.376 e. The van der Waals surface area contributed by atoms with Crippen LogP contribution in [-0.2, 0) is 4.74 Å². The molecule has 1 aliphatic heterocycles. The highest BCUT2D eigenvalue weighted by molar-refractivity contribution is 6.30. The van der Waals surface area contributed by atoms with E-state index in [1.807, 2.05) is 6.92 Å². The van der Waals surface area contributed by atoms with Crippen LogP contribution in [0.25, 0.3) is 0 Å². The van der Waals surface area contributed by atoms with E-state index in [2.05, 4.69) is 23.9 Å². The SMILES string of the molecule is Cc1c(Cl)nc(C2CC2)nc1N(C)C1CCOC1C. The zero-order chi connectivity index (χ0) is 13.6. The zero-order valence-electron chi connectivity index (χ0n) is 11.7. The van der Waals surface area contributed by atoms with E-state index in [1.165, 1.54) is 12.8 Å². The molecular weight excluding hydrogens is 262 g/mol. The minimum atomic E-state index is 0.238. The predicted octanol–water partition coefficient (Wildman–Crippen LogP) is 2.93. The van der Waals surface area contributed by atoms with Gasteiger partial charge in [0.25, 0.3) is 0 Å². The maximum absolute atomic E-state index is 6.27. The van der Waals surface area contributed by atoms with Crippen molar-refractivity contribution in [2.24, 2.45) is 0 Å². The molecule has 0 radical (unpaired) electrons. The Morgan fingerprint density at radius 3 is 2.58 bits per heavy atom. The summed E-state index contributed by atoms with van der Waals surface area (Å²) in [6.45, 7) is 4.93. The maximum Gasteiger partial charge on any atom is 0.137 e. The van der Waals surface area contributed by atoms with Crippen LogP contribution in [0.1, 0.15) is 43.5 Å². The molecule has 2 aliphatic rings. The first-order valence-corrected chi connectivity index (χ1v) is 7.34. The molecule has 2 atom stereocenters. The van der Waals surface area contributed by atoms with Crippen LogP contribution < -0.4 is 4.90 Å². The van der Waals surface area contributed by atoms with E-state index in [1.54, 1.807) is 0 Å². The van der Waals surface area contributed by atoms with Crippen LogP contribution >= 0.6 is 11.6 Å². The smallest absolute Gasteiger partial charge is 0.137 e. The largest absolute Gasteiger partial charge is 0.376 e. The summed E-state index contributed by atoms with van der Waals surface area (Å²) in [4.78, 5) is 11.4. The predicted molar refractivity (Wildman–Crippen MR) is 76.0 cm³/mol. The Kier molecular flexibility index (Phi) is 3.39. The van der Waals surface area contributed by atoms with Gasteiger partial charge in [0, 0.05) is 25.1 Å². The van der Waals surface area contributed by atoms with E-state index in [-0.39, 0.29) is 6.10 Å². The number of ether oxygens (including phenoxy) is 1. The Labute approximate surface area is 119 Å². The van der Waals surface area contributed by atoms with Gasteiger partial charge in [-0.15, -0.1) is 0 Å². The first-order chi connectivity index (χ1) is 9.08. The molecule has 2 heterocycles. The van der Waals surface area contributed by atoms with Crippen LogP contribution in [0.4, 0.5) is 5.82 Å². The molecule has 19 heavy (non-hydrogen) atoms. The highest BCUT2D eigenvalue weighted by atomic mass is 35.5. The highest BCUT2D eigenvalue weighted by Crippen LogP contribution is 2.40. The second kappa shape index (κ2) is 4.91. The summed E-state index contributed by atoms with van der Waals surface area (Å²) < 4.78 is 5.65. The van der Waals surface area contributed by atoms with Crippen molar-refractivity contribution in [2.45, 2.75) is 51.2 Å². The van der Waals surface area contributed by atoms with Crippen LogP contribution in [0.15, 0.2) is 0 Å². The fourth-order valence-electron chi connectivity index (χ4n) is 2.75. The molecule has 0 N–H and O–H groups in total. The van der Waals surface area contributed by atoms with Gasteiger partial charge in [-0.1, -0.05) is 11.6 Å². The van der Waals surface area contributed by atoms with Crippen LogP contribution in [0, 0.1) is 6.92 Å². The number of hydrogen-bond donors (Lipinski definition) is 0. The van der Waals surface area contributed by atoms with Gasteiger partial charge in [0.2, 0.25) is 0 Å². The monoisotopic (exact) mass is 281 g/mol. The summed E-state index contributed by atoms with van der Waals surface area (Å²) in [5.74, 6) is 2.38. The minimum absolute atomic E-state index is 0.238. The van der Waals surface area contributed by atoms with Gasteiger partial charge >= 0.3 is 0 Å². The zero-order valence-corrected chi connectivity index (χ0v) is 12.4. The molecule has 1 aromatic rings. The van der Waals surface area contributed by atoms with E-state index < -0.39 is 0 Å². The molecule has 3 rings (SSSR count). The number of rotatable bonds is 3. The summed E-state index contributed by atoms with van der Waals surface area (Å²) in [6.07, 6.45) is 3.65. The quantitative estimate of drug-likeness (QED) is 0.799. The molecule has 104 valence electrons. The Morgan fingerprint density at radius 2 is 2.00 bits per heavy atom. The van der Waals surface area contributed by atoms with Crippen molar-refractivity contribution in [1.82, 2.24) is 9.97 Å². The summed E-state index contributed by atoms with van der Waals surface area (Å²) in [6, 6.07) is 0.372. The van der Waals surface area contributed by atoms with E-state index in [9.17, 15) is 0 Å². The van der Waals surface area contributed by atoms with Gasteiger partial charge < -0.3 is 9.64 Å². The Balaban J connectivity index is 1.93. The lowest BCUT2D eigenvalue weighted by atomic mass is 10.1. The lowest BCUT2D eigenvalue weighted by Crippen LogP contribution is -2.38. The van der Waals surface area contributed by atoms with Crippen molar-refractivity contribution in [3.8, 4) is 0 Å². The normalized spacial score (nSPS) is 26.7. The highest BCUT2D eigenvalue weighted by Gasteiger charge is 2.32. The Hall–Kier alpha value is -0.870. The van der Waals surface area contributed by atoms with Crippen molar-refractivity contribution in [3.63, 3.8) is 0 Å². The topological polar surface area (TPSA) is 38.2 Å². The number of likely N-dealkylation sites (N-methyl/N-ethyl adjacent to an activating group) is 1. The average molecular weight is 282 g/mol. The number of halogens is 1. The molecule has 0 bridgehead atoms. The van der Waals surface area contributed by atoms with Crippen molar-refractivity contribution >= 4 is 17.4 Å². The maximum atomic E-state index is 6.27. The average Bonchev–Trinajstić information content (AvgIpc) is 3.14. The third kappa shape index (κ3) is 2.43. The van der Waals surface area contributed by atoms with Crippen LogP contribution in [0.3, 0.4) is 0 Å². The van der Waals surface area contributed by atoms with Gasteiger partial charge in [-0.05, 0) is 33.1 Å². The molecular formula is C14H20ClN3O. The number of anilines is 1. The Bertz CT molecular complexity index is 490. The summed E-state index contributed by atoms with van der Waals surface area (Å²) in [5.41, 5.74) is 0.965. The fourth-order valence-corrected chi connectivity index (χ4v) is 2.92. The number of nitrogens with zero attached hydrogens (tertiary/aromatic N) is 3. The van der Waals surface area contributed by atoms with Gasteiger partial charge in [-0.2, -0.15) is 0 Å². The van der Waals surface area contributed by atoms with E-state index in [4.69, 9.17) is 21.3 Å². The lowest BCUT2D eigenvalue weighted by molar-refractivity contribution is 0.118. The van der Waals surface area contributed by atoms with Crippen molar-refractivity contribution in [2.75, 3.05) is 18.6 Å². The molecule has 2 fully saturated rings. The van der Waals surface area contributed by atoms with Crippen molar-refractivity contribution in [1.29, 1.82) is 0 Å². The van der Waals surface area contributed by atoms with Gasteiger partial charge in [0.05, 0.1) is 12.1 Å². The van der Waals surface area contributed by atoms with Crippen molar-refractivity contribution < 1.29 is 4.74 Å². The van der Waals surface area contributed by atoms with E-state index in [0.717, 1.165) is 30.2 Å². The molecule has 0 aromatic carbocycles. The van der Waals surface area contributed by atoms with Gasteiger partial charge in [-0.3, -0.25) is 0 Å². The van der Waals surface area contributed by atoms with Crippen molar-refractivity contribution in [3.05, 3.63) is 16.5 Å². The summed E-state index contributed by atoms with van der Waals surface area (Å²) in [7, 11) is 2.08. The van der Waals surface area contributed by atoms with E-state index >= 15 is 0 Å². The molecule has 0 spiro atoms. The molecule has 0 amide bonds. The molecule has 1 aliphatic carbocycles. The van der Waals surface area contributed by atoms with Crippen LogP contribution in [-0.4, -0.2) is 35.8 Å². The molecule has 1 saturated heterocycles. The molecule has 5 heteroatoms. The molecule has 1 aromatic heterocycles. The standard InChI is InChI=1S/C14H20ClN3O/c1-8-12(15)16-13(10-4-5-10)17-14(8)18(3)11-6-7-19-9(11)2/h9-11H,4-7H2,1-3H3. The first kappa shape index (κ1) is 13.1. The fraction of sp³-hybridized carbons (Fsp3) is 0.714. The van der Waals surface area contributed by atoms with Crippen LogP contribution in [0.5, 0.6) is 0 Å². The third-order valence-electron chi connectivity index (χ3n) is 4.19. The third-order valence-corrected chi connectivity index (χ3v) is 4.56. The van der Waals surface area contributed by atoms with Gasteiger partial charge in [0.15, 0.2) is 0 Å². The summed E-state index contributed by atoms with van der Waals surface area (Å²) >= 11 is 6.27. The van der Waals surface area contributed by atoms with E-state index in [0.29, 0.717) is 17.1 Å². The molecule has 1 saturated carbocycles. The summed E-state index contributed by atoms with van der Waals surface area (Å²) in [5, 5.41) is 0.588. The van der Waals surface area contributed by atoms with Crippen LogP contribution in [0.2, 0.25) is 5.15 Å². The second-order valence-corrected chi connectivity index (χ2v) is 6.00. The molecule has 4 nitrogen and oxygen atoms in total. The first-order valence-electron chi connectivity index (χ1n) is 6.96.